The van der Waals surface area contributed by atoms with E-state index in [4.69, 9.17) is 4.74 Å². The summed E-state index contributed by atoms with van der Waals surface area (Å²) in [6.45, 7) is 2.84. The predicted octanol–water partition coefficient (Wildman–Crippen LogP) is 1.57. The lowest BCUT2D eigenvalue weighted by Crippen LogP contribution is -2.47. The highest BCUT2D eigenvalue weighted by Gasteiger charge is 2.22. The lowest BCUT2D eigenvalue weighted by Gasteiger charge is -2.33. The Bertz CT molecular complexity index is 448. The number of β-amino-alcohol motifs (C(OH)–C–C–N with tert-alkyl or cyclic N) is 1. The number of hydrogen-bond donors (Lipinski definition) is 2. The first-order valence-electron chi connectivity index (χ1n) is 7.96. The number of thioether (sulfide) groups is 1. The molecule has 1 aromatic heterocycles. The molecule has 1 atom stereocenters. The summed E-state index contributed by atoms with van der Waals surface area (Å²) in [6, 6.07) is 4.40. The molecule has 1 amide bonds. The number of likely N-dealkylation sites (tertiary alicyclic amines) is 1. The van der Waals surface area contributed by atoms with Crippen LogP contribution >= 0.6 is 23.1 Å². The Hall–Kier alpha value is -0.600. The van der Waals surface area contributed by atoms with Gasteiger partial charge in [0, 0.05) is 43.4 Å². The second-order valence-electron chi connectivity index (χ2n) is 5.82. The smallest absolute Gasteiger partial charge is 0.230 e. The lowest BCUT2D eigenvalue weighted by molar-refractivity contribution is -0.119. The van der Waals surface area contributed by atoms with Gasteiger partial charge >= 0.3 is 0 Å². The molecular weight excluding hydrogens is 332 g/mol. The van der Waals surface area contributed by atoms with Crippen LogP contribution in [-0.2, 0) is 15.3 Å². The highest BCUT2D eigenvalue weighted by atomic mass is 32.2. The molecule has 1 saturated heterocycles. The van der Waals surface area contributed by atoms with Gasteiger partial charge in [-0.05, 0) is 24.3 Å². The Kier molecular flexibility index (Phi) is 8.39. The fourth-order valence-corrected chi connectivity index (χ4v) is 4.39. The molecule has 0 saturated carbocycles. The van der Waals surface area contributed by atoms with Gasteiger partial charge in [-0.15, -0.1) is 23.1 Å². The fraction of sp³-hybridized carbons (Fsp3) is 0.688. The monoisotopic (exact) mass is 358 g/mol. The quantitative estimate of drug-likeness (QED) is 0.702. The van der Waals surface area contributed by atoms with Crippen LogP contribution in [0.5, 0.6) is 0 Å². The Balaban J connectivity index is 1.57. The number of ether oxygens (including phenoxy) is 1. The summed E-state index contributed by atoms with van der Waals surface area (Å²) in [5.74, 6) is 1.55. The molecule has 1 aliphatic rings. The topological polar surface area (TPSA) is 61.8 Å². The Morgan fingerprint density at radius 3 is 3.00 bits per heavy atom. The summed E-state index contributed by atoms with van der Waals surface area (Å²) in [4.78, 5) is 15.5. The number of carbonyl (C=O) groups excluding carboxylic acids is 1. The van der Waals surface area contributed by atoms with Gasteiger partial charge in [0.1, 0.15) is 0 Å². The zero-order valence-corrected chi connectivity index (χ0v) is 15.2. The molecule has 1 unspecified atom stereocenters. The molecule has 1 aromatic rings. The number of amides is 1. The molecule has 0 aliphatic carbocycles. The molecule has 5 nitrogen and oxygen atoms in total. The number of rotatable bonds is 9. The molecule has 0 bridgehead atoms. The summed E-state index contributed by atoms with van der Waals surface area (Å²) < 4.78 is 4.95. The van der Waals surface area contributed by atoms with Gasteiger partial charge in [-0.1, -0.05) is 6.07 Å². The Labute approximate surface area is 146 Å². The largest absolute Gasteiger partial charge is 0.389 e. The van der Waals surface area contributed by atoms with Crippen LogP contribution < -0.4 is 5.32 Å². The van der Waals surface area contributed by atoms with Crippen molar-refractivity contribution in [2.24, 2.45) is 0 Å². The van der Waals surface area contributed by atoms with Crippen molar-refractivity contribution in [1.82, 2.24) is 10.2 Å². The number of nitrogens with one attached hydrogen (secondary N) is 1. The summed E-state index contributed by atoms with van der Waals surface area (Å²) in [5, 5.41) is 14.9. The number of piperidine rings is 1. The molecule has 2 rings (SSSR count). The number of hydrogen-bond acceptors (Lipinski definition) is 6. The van der Waals surface area contributed by atoms with Crippen LogP contribution in [-0.4, -0.2) is 67.2 Å². The van der Waals surface area contributed by atoms with Crippen molar-refractivity contribution in [3.8, 4) is 0 Å². The maximum Gasteiger partial charge on any atom is 0.230 e. The first-order valence-corrected chi connectivity index (χ1v) is 9.99. The molecule has 1 fully saturated rings. The minimum absolute atomic E-state index is 0.129. The average Bonchev–Trinajstić information content (AvgIpc) is 3.03. The molecule has 0 spiro atoms. The predicted molar refractivity (Wildman–Crippen MR) is 96.0 cm³/mol. The zero-order valence-electron chi connectivity index (χ0n) is 13.6. The van der Waals surface area contributed by atoms with E-state index in [1.807, 2.05) is 6.07 Å². The van der Waals surface area contributed by atoms with Crippen LogP contribution in [0, 0.1) is 0 Å². The van der Waals surface area contributed by atoms with Gasteiger partial charge in [0.05, 0.1) is 18.5 Å². The summed E-state index contributed by atoms with van der Waals surface area (Å²) >= 11 is 3.39. The molecule has 0 aromatic carbocycles. The second-order valence-corrected chi connectivity index (χ2v) is 7.84. The molecular formula is C16H26N2O3S2. The normalized spacial score (nSPS) is 18.0. The highest BCUT2D eigenvalue weighted by molar-refractivity contribution is 7.99. The van der Waals surface area contributed by atoms with Crippen LogP contribution in [0.3, 0.4) is 0 Å². The van der Waals surface area contributed by atoms with E-state index in [-0.39, 0.29) is 11.9 Å². The molecule has 1 aliphatic heterocycles. The minimum Gasteiger partial charge on any atom is -0.389 e. The van der Waals surface area contributed by atoms with Gasteiger partial charge in [0.2, 0.25) is 5.91 Å². The van der Waals surface area contributed by atoms with Gasteiger partial charge in [-0.3, -0.25) is 4.79 Å². The van der Waals surface area contributed by atoms with E-state index in [2.05, 4.69) is 21.7 Å². The fourth-order valence-electron chi connectivity index (χ4n) is 2.71. The second kappa shape index (κ2) is 10.3. The first-order chi connectivity index (χ1) is 11.2. The Morgan fingerprint density at radius 2 is 2.35 bits per heavy atom. The minimum atomic E-state index is -0.431. The van der Waals surface area contributed by atoms with Gasteiger partial charge in [-0.2, -0.15) is 0 Å². The van der Waals surface area contributed by atoms with Gasteiger partial charge in [-0.25, -0.2) is 0 Å². The maximum atomic E-state index is 12.0. The van der Waals surface area contributed by atoms with Crippen molar-refractivity contribution in [1.29, 1.82) is 0 Å². The van der Waals surface area contributed by atoms with Crippen LogP contribution in [0.2, 0.25) is 0 Å². The summed E-state index contributed by atoms with van der Waals surface area (Å²) in [6.07, 6.45) is 1.46. The third kappa shape index (κ3) is 7.22. The van der Waals surface area contributed by atoms with Crippen molar-refractivity contribution in [2.75, 3.05) is 39.1 Å². The Morgan fingerprint density at radius 1 is 1.57 bits per heavy atom. The third-order valence-corrected chi connectivity index (χ3v) is 5.88. The van der Waals surface area contributed by atoms with Gasteiger partial charge in [0.25, 0.3) is 0 Å². The van der Waals surface area contributed by atoms with E-state index in [9.17, 15) is 9.90 Å². The molecule has 0 radical (unpaired) electrons. The third-order valence-electron chi connectivity index (χ3n) is 3.84. The number of nitrogens with zero attached hydrogens (tertiary/aromatic N) is 1. The summed E-state index contributed by atoms with van der Waals surface area (Å²) in [7, 11) is 1.60. The van der Waals surface area contributed by atoms with Gasteiger partial charge in [0.15, 0.2) is 0 Å². The van der Waals surface area contributed by atoms with E-state index in [1.165, 1.54) is 4.88 Å². The zero-order chi connectivity index (χ0) is 16.5. The van der Waals surface area contributed by atoms with E-state index in [1.54, 1.807) is 30.2 Å². The van der Waals surface area contributed by atoms with Gasteiger partial charge < -0.3 is 20.1 Å². The van der Waals surface area contributed by atoms with Crippen molar-refractivity contribution in [2.45, 2.75) is 30.7 Å². The standard InChI is InChI=1S/C16H26N2O3S2/c1-21-10-14(19)9-18-6-4-13(5-7-18)17-16(20)12-22-11-15-3-2-8-23-15/h2-3,8,13-14,19H,4-7,9-12H2,1H3,(H,17,20). The maximum absolute atomic E-state index is 12.0. The number of carbonyl (C=O) groups is 1. The van der Waals surface area contributed by atoms with Crippen LogP contribution in [0.1, 0.15) is 17.7 Å². The number of aliphatic hydroxyl groups excluding tert-OH is 1. The van der Waals surface area contributed by atoms with Crippen molar-refractivity contribution in [3.63, 3.8) is 0 Å². The number of methoxy groups -OCH3 is 1. The first kappa shape index (κ1) is 18.7. The van der Waals surface area contributed by atoms with E-state index in [0.29, 0.717) is 18.9 Å². The SMILES string of the molecule is COCC(O)CN1CCC(NC(=O)CSCc2cccs2)CC1. The van der Waals surface area contributed by atoms with Crippen LogP contribution in [0.4, 0.5) is 0 Å². The van der Waals surface area contributed by atoms with Crippen molar-refractivity contribution in [3.05, 3.63) is 22.4 Å². The van der Waals surface area contributed by atoms with Crippen molar-refractivity contribution < 1.29 is 14.6 Å². The van der Waals surface area contributed by atoms with E-state index in [0.717, 1.165) is 31.7 Å². The molecule has 2 heterocycles. The number of thiophene rings is 1. The van der Waals surface area contributed by atoms with E-state index < -0.39 is 6.10 Å². The number of aliphatic hydroxyl groups is 1. The average molecular weight is 359 g/mol. The molecule has 23 heavy (non-hydrogen) atoms. The molecule has 2 N–H and O–H groups in total. The molecule has 130 valence electrons. The van der Waals surface area contributed by atoms with Crippen LogP contribution in [0.15, 0.2) is 17.5 Å². The highest BCUT2D eigenvalue weighted by Crippen LogP contribution is 2.17. The van der Waals surface area contributed by atoms with Crippen LogP contribution in [0.25, 0.3) is 0 Å². The molecule has 7 heteroatoms. The summed E-state index contributed by atoms with van der Waals surface area (Å²) in [5.41, 5.74) is 0. The van der Waals surface area contributed by atoms with E-state index >= 15 is 0 Å². The lowest BCUT2D eigenvalue weighted by atomic mass is 10.0. The van der Waals surface area contributed by atoms with Crippen molar-refractivity contribution >= 4 is 29.0 Å².